The van der Waals surface area contributed by atoms with E-state index in [2.05, 4.69) is 10.6 Å². The normalized spacial score (nSPS) is 16.2. The van der Waals surface area contributed by atoms with Gasteiger partial charge in [-0.25, -0.2) is 0 Å². The molecule has 0 saturated carbocycles. The molecule has 3 rings (SSSR count). The van der Waals surface area contributed by atoms with Crippen LogP contribution in [0.2, 0.25) is 0 Å². The van der Waals surface area contributed by atoms with Crippen molar-refractivity contribution >= 4 is 23.2 Å². The van der Waals surface area contributed by atoms with E-state index in [0.29, 0.717) is 24.6 Å². The summed E-state index contributed by atoms with van der Waals surface area (Å²) in [4.78, 5) is 24.2. The molecule has 1 aliphatic heterocycles. The Kier molecular flexibility index (Phi) is 5.47. The minimum absolute atomic E-state index is 0.139. The molecule has 1 unspecified atom stereocenters. The molecule has 1 fully saturated rings. The van der Waals surface area contributed by atoms with Crippen LogP contribution < -0.4 is 16.4 Å². The van der Waals surface area contributed by atoms with Gasteiger partial charge < -0.3 is 25.5 Å². The number of carbonyl (C=O) groups excluding carboxylic acids is 2. The first-order chi connectivity index (χ1) is 12.1. The molecule has 132 valence electrons. The molecule has 25 heavy (non-hydrogen) atoms. The average molecular weight is 343 g/mol. The Morgan fingerprint density at radius 3 is 2.28 bits per heavy atom. The van der Waals surface area contributed by atoms with Crippen LogP contribution in [0.4, 0.5) is 11.4 Å². The Morgan fingerprint density at radius 2 is 1.68 bits per heavy atom. The fraction of sp³-hybridized carbons (Fsp3) is 0.333. The molecule has 4 N–H and O–H groups in total. The van der Waals surface area contributed by atoms with E-state index >= 15 is 0 Å². The third-order valence-electron chi connectivity index (χ3n) is 4.23. The zero-order valence-corrected chi connectivity index (χ0v) is 13.7. The quantitative estimate of drug-likeness (QED) is 0.772. The molecule has 0 bridgehead atoms. The second-order valence-electron chi connectivity index (χ2n) is 5.97. The standard InChI is InChI=1S/C18H21N3O4/c19-16(12-7-10-24-11-8-12)18(23)21-14-5-3-13(4-6-14)20-17(22)15-2-1-9-25-15/h1-6,9,12,16H,7-8,10-11,19H2,(H,20,22)(H,21,23). The summed E-state index contributed by atoms with van der Waals surface area (Å²) in [7, 11) is 0. The zero-order chi connectivity index (χ0) is 17.6. The van der Waals surface area contributed by atoms with Crippen molar-refractivity contribution in [2.45, 2.75) is 18.9 Å². The molecule has 0 radical (unpaired) electrons. The first kappa shape index (κ1) is 17.2. The van der Waals surface area contributed by atoms with Crippen molar-refractivity contribution in [1.82, 2.24) is 0 Å². The van der Waals surface area contributed by atoms with Crippen molar-refractivity contribution in [2.75, 3.05) is 23.8 Å². The summed E-state index contributed by atoms with van der Waals surface area (Å²) in [5.41, 5.74) is 7.29. The molecule has 2 amide bonds. The van der Waals surface area contributed by atoms with Gasteiger partial charge in [-0.3, -0.25) is 9.59 Å². The van der Waals surface area contributed by atoms with E-state index in [1.165, 1.54) is 6.26 Å². The fourth-order valence-corrected chi connectivity index (χ4v) is 2.75. The highest BCUT2D eigenvalue weighted by Crippen LogP contribution is 2.20. The Balaban J connectivity index is 1.55. The number of rotatable bonds is 5. The SMILES string of the molecule is NC(C(=O)Nc1ccc(NC(=O)c2ccco2)cc1)C1CCOCC1. The van der Waals surface area contributed by atoms with Crippen LogP contribution in [0.1, 0.15) is 23.4 Å². The molecule has 2 heterocycles. The van der Waals surface area contributed by atoms with Crippen LogP contribution in [0, 0.1) is 5.92 Å². The summed E-state index contributed by atoms with van der Waals surface area (Å²) in [6.07, 6.45) is 3.04. The molecule has 1 aromatic carbocycles. The molecule has 2 aromatic rings. The number of nitrogens with one attached hydrogen (secondary N) is 2. The predicted molar refractivity (Wildman–Crippen MR) is 93.3 cm³/mol. The summed E-state index contributed by atoms with van der Waals surface area (Å²) < 4.78 is 10.3. The van der Waals surface area contributed by atoms with E-state index in [1.54, 1.807) is 36.4 Å². The van der Waals surface area contributed by atoms with E-state index < -0.39 is 6.04 Å². The second kappa shape index (κ2) is 7.96. The van der Waals surface area contributed by atoms with Gasteiger partial charge in [0.1, 0.15) is 0 Å². The van der Waals surface area contributed by atoms with Gasteiger partial charge in [0.2, 0.25) is 5.91 Å². The average Bonchev–Trinajstić information content (AvgIpc) is 3.18. The summed E-state index contributed by atoms with van der Waals surface area (Å²) in [5, 5.41) is 5.53. The van der Waals surface area contributed by atoms with E-state index in [1.807, 2.05) is 0 Å². The van der Waals surface area contributed by atoms with Gasteiger partial charge in [0.25, 0.3) is 5.91 Å². The van der Waals surface area contributed by atoms with E-state index in [-0.39, 0.29) is 23.5 Å². The predicted octanol–water partition coefficient (Wildman–Crippen LogP) is 2.22. The van der Waals surface area contributed by atoms with Gasteiger partial charge in [0.05, 0.1) is 12.3 Å². The lowest BCUT2D eigenvalue weighted by Crippen LogP contribution is -2.43. The molecular formula is C18H21N3O4. The Labute approximate surface area is 145 Å². The van der Waals surface area contributed by atoms with Gasteiger partial charge in [0.15, 0.2) is 5.76 Å². The smallest absolute Gasteiger partial charge is 0.291 e. The summed E-state index contributed by atoms with van der Waals surface area (Å²) in [5.74, 6) is -0.164. The summed E-state index contributed by atoms with van der Waals surface area (Å²) >= 11 is 0. The Bertz CT molecular complexity index is 706. The maximum atomic E-state index is 12.3. The lowest BCUT2D eigenvalue weighted by Gasteiger charge is -2.26. The molecule has 7 nitrogen and oxygen atoms in total. The Morgan fingerprint density at radius 1 is 1.04 bits per heavy atom. The van der Waals surface area contributed by atoms with E-state index in [4.69, 9.17) is 14.9 Å². The first-order valence-electron chi connectivity index (χ1n) is 8.22. The van der Waals surface area contributed by atoms with Crippen LogP contribution in [0.5, 0.6) is 0 Å². The highest BCUT2D eigenvalue weighted by atomic mass is 16.5. The summed E-state index contributed by atoms with van der Waals surface area (Å²) in [6, 6.07) is 9.52. The van der Waals surface area contributed by atoms with Crippen molar-refractivity contribution in [3.63, 3.8) is 0 Å². The van der Waals surface area contributed by atoms with Crippen molar-refractivity contribution < 1.29 is 18.7 Å². The molecule has 0 spiro atoms. The van der Waals surface area contributed by atoms with Gasteiger partial charge in [0, 0.05) is 24.6 Å². The van der Waals surface area contributed by atoms with Gasteiger partial charge in [-0.15, -0.1) is 0 Å². The highest BCUT2D eigenvalue weighted by Gasteiger charge is 2.26. The van der Waals surface area contributed by atoms with Crippen LogP contribution in [-0.4, -0.2) is 31.1 Å². The molecule has 1 aromatic heterocycles. The lowest BCUT2D eigenvalue weighted by atomic mass is 9.92. The number of hydrogen-bond acceptors (Lipinski definition) is 5. The van der Waals surface area contributed by atoms with Gasteiger partial charge in [-0.05, 0) is 55.2 Å². The van der Waals surface area contributed by atoms with Crippen LogP contribution in [0.3, 0.4) is 0 Å². The monoisotopic (exact) mass is 343 g/mol. The number of furan rings is 1. The van der Waals surface area contributed by atoms with E-state index in [9.17, 15) is 9.59 Å². The molecule has 1 atom stereocenters. The number of hydrogen-bond donors (Lipinski definition) is 3. The molecular weight excluding hydrogens is 322 g/mol. The fourth-order valence-electron chi connectivity index (χ4n) is 2.75. The Hall–Kier alpha value is -2.64. The van der Waals surface area contributed by atoms with Crippen LogP contribution >= 0.6 is 0 Å². The number of ether oxygens (including phenoxy) is 1. The minimum atomic E-state index is -0.553. The minimum Gasteiger partial charge on any atom is -0.459 e. The first-order valence-corrected chi connectivity index (χ1v) is 8.22. The maximum absolute atomic E-state index is 12.3. The molecule has 1 aliphatic rings. The number of carbonyl (C=O) groups is 2. The van der Waals surface area contributed by atoms with Crippen molar-refractivity contribution in [3.05, 3.63) is 48.4 Å². The van der Waals surface area contributed by atoms with Crippen molar-refractivity contribution in [2.24, 2.45) is 11.7 Å². The van der Waals surface area contributed by atoms with Gasteiger partial charge in [-0.1, -0.05) is 0 Å². The van der Waals surface area contributed by atoms with Gasteiger partial charge >= 0.3 is 0 Å². The lowest BCUT2D eigenvalue weighted by molar-refractivity contribution is -0.119. The van der Waals surface area contributed by atoms with Crippen molar-refractivity contribution in [3.8, 4) is 0 Å². The third kappa shape index (κ3) is 4.46. The second-order valence-corrected chi connectivity index (χ2v) is 5.97. The van der Waals surface area contributed by atoms with Crippen LogP contribution in [0.25, 0.3) is 0 Å². The third-order valence-corrected chi connectivity index (χ3v) is 4.23. The topological polar surface area (TPSA) is 107 Å². The molecule has 1 saturated heterocycles. The maximum Gasteiger partial charge on any atom is 0.291 e. The molecule has 0 aliphatic carbocycles. The summed E-state index contributed by atoms with van der Waals surface area (Å²) in [6.45, 7) is 1.30. The van der Waals surface area contributed by atoms with E-state index in [0.717, 1.165) is 12.8 Å². The number of nitrogens with two attached hydrogens (primary N) is 1. The zero-order valence-electron chi connectivity index (χ0n) is 13.7. The van der Waals surface area contributed by atoms with Crippen molar-refractivity contribution in [1.29, 1.82) is 0 Å². The highest BCUT2D eigenvalue weighted by molar-refractivity contribution is 6.02. The number of amides is 2. The van der Waals surface area contributed by atoms with Crippen LogP contribution in [0.15, 0.2) is 47.1 Å². The largest absolute Gasteiger partial charge is 0.459 e. The number of benzene rings is 1. The van der Waals surface area contributed by atoms with Gasteiger partial charge in [-0.2, -0.15) is 0 Å². The van der Waals surface area contributed by atoms with Crippen LogP contribution in [-0.2, 0) is 9.53 Å². The number of anilines is 2. The molecule has 7 heteroatoms.